The van der Waals surface area contributed by atoms with Gasteiger partial charge in [-0.05, 0) is 47.5 Å². The van der Waals surface area contributed by atoms with Crippen LogP contribution in [0.2, 0.25) is 5.02 Å². The molecule has 1 fully saturated rings. The summed E-state index contributed by atoms with van der Waals surface area (Å²) in [5.74, 6) is 2.65. The highest BCUT2D eigenvalue weighted by atomic mass is 35.5. The molecular formula is C28H32ClN3O2S. The van der Waals surface area contributed by atoms with Crippen molar-refractivity contribution < 1.29 is 9.53 Å². The lowest BCUT2D eigenvalue weighted by Gasteiger charge is -2.36. The molecule has 1 N–H and O–H groups in total. The summed E-state index contributed by atoms with van der Waals surface area (Å²) >= 11 is 7.81. The van der Waals surface area contributed by atoms with Gasteiger partial charge in [0.15, 0.2) is 0 Å². The first kappa shape index (κ1) is 25.4. The van der Waals surface area contributed by atoms with Gasteiger partial charge in [0, 0.05) is 61.4 Å². The molecule has 1 aliphatic rings. The summed E-state index contributed by atoms with van der Waals surface area (Å²) in [6.45, 7) is 5.46. The number of carbonyl (C=O) groups is 1. The molecule has 35 heavy (non-hydrogen) atoms. The molecule has 5 nitrogen and oxygen atoms in total. The number of anilines is 1. The molecule has 1 amide bonds. The van der Waals surface area contributed by atoms with E-state index in [0.717, 1.165) is 60.7 Å². The van der Waals surface area contributed by atoms with Crippen molar-refractivity contribution >= 4 is 35.0 Å². The first-order valence-electron chi connectivity index (χ1n) is 11.9. The molecule has 4 rings (SSSR count). The van der Waals surface area contributed by atoms with Crippen LogP contribution in [0.25, 0.3) is 0 Å². The van der Waals surface area contributed by atoms with Crippen molar-refractivity contribution in [3.8, 4) is 5.75 Å². The van der Waals surface area contributed by atoms with Crippen LogP contribution in [0.5, 0.6) is 5.75 Å². The maximum absolute atomic E-state index is 12.5. The lowest BCUT2D eigenvalue weighted by Crippen LogP contribution is -2.46. The van der Waals surface area contributed by atoms with E-state index < -0.39 is 0 Å². The lowest BCUT2D eigenvalue weighted by atomic mass is 10.1. The van der Waals surface area contributed by atoms with Crippen molar-refractivity contribution in [1.82, 2.24) is 10.2 Å². The van der Waals surface area contributed by atoms with Gasteiger partial charge in [-0.25, -0.2) is 0 Å². The molecule has 3 aromatic carbocycles. The number of methoxy groups -OCH3 is 1. The lowest BCUT2D eigenvalue weighted by molar-refractivity contribution is 0.0956. The Labute approximate surface area is 217 Å². The number of carbonyl (C=O) groups excluding carboxylic acids is 1. The van der Waals surface area contributed by atoms with E-state index in [2.05, 4.69) is 45.4 Å². The van der Waals surface area contributed by atoms with Crippen LogP contribution in [-0.4, -0.2) is 56.4 Å². The van der Waals surface area contributed by atoms with Gasteiger partial charge >= 0.3 is 0 Å². The Morgan fingerprint density at radius 2 is 1.74 bits per heavy atom. The molecule has 0 spiro atoms. The summed E-state index contributed by atoms with van der Waals surface area (Å²) in [4.78, 5) is 17.3. The molecule has 0 unspecified atom stereocenters. The van der Waals surface area contributed by atoms with Gasteiger partial charge in [-0.3, -0.25) is 9.69 Å². The maximum Gasteiger partial charge on any atom is 0.251 e. The van der Waals surface area contributed by atoms with Gasteiger partial charge in [-0.2, -0.15) is 11.8 Å². The summed E-state index contributed by atoms with van der Waals surface area (Å²) in [6.07, 6.45) is 0. The van der Waals surface area contributed by atoms with Gasteiger partial charge < -0.3 is 15.0 Å². The Balaban J connectivity index is 1.17. The summed E-state index contributed by atoms with van der Waals surface area (Å²) in [5, 5.41) is 3.77. The van der Waals surface area contributed by atoms with Crippen LogP contribution >= 0.6 is 23.4 Å². The third kappa shape index (κ3) is 7.40. The summed E-state index contributed by atoms with van der Waals surface area (Å²) in [7, 11) is 1.72. The van der Waals surface area contributed by atoms with E-state index in [-0.39, 0.29) is 5.91 Å². The standard InChI is InChI=1S/C28H32ClN3O2S/c1-34-27-8-3-2-7-26(27)32-16-14-31(15-17-32)20-22-9-11-24(12-10-22)28(33)30-13-18-35-21-23-5-4-6-25(29)19-23/h2-12,19H,13-18,20-21H2,1H3,(H,30,33). The van der Waals surface area contributed by atoms with Gasteiger partial charge in [0.05, 0.1) is 12.8 Å². The number of benzene rings is 3. The predicted octanol–water partition coefficient (Wildman–Crippen LogP) is 5.33. The van der Waals surface area contributed by atoms with Crippen molar-refractivity contribution in [3.05, 3.63) is 94.5 Å². The molecule has 1 heterocycles. The van der Waals surface area contributed by atoms with Gasteiger partial charge in [0.25, 0.3) is 5.91 Å². The van der Waals surface area contributed by atoms with Crippen molar-refractivity contribution in [1.29, 1.82) is 0 Å². The number of hydrogen-bond donors (Lipinski definition) is 1. The number of thioether (sulfide) groups is 1. The number of hydrogen-bond acceptors (Lipinski definition) is 5. The van der Waals surface area contributed by atoms with Crippen molar-refractivity contribution in [2.45, 2.75) is 12.3 Å². The number of halogens is 1. The Morgan fingerprint density at radius 1 is 0.971 bits per heavy atom. The zero-order chi connectivity index (χ0) is 24.5. The van der Waals surface area contributed by atoms with Crippen molar-refractivity contribution in [2.75, 3.05) is 50.5 Å². The van der Waals surface area contributed by atoms with Crippen molar-refractivity contribution in [2.24, 2.45) is 0 Å². The number of ether oxygens (including phenoxy) is 1. The first-order valence-corrected chi connectivity index (χ1v) is 13.5. The fourth-order valence-corrected chi connectivity index (χ4v) is 5.23. The largest absolute Gasteiger partial charge is 0.495 e. The highest BCUT2D eigenvalue weighted by molar-refractivity contribution is 7.98. The number of amides is 1. The monoisotopic (exact) mass is 509 g/mol. The first-order chi connectivity index (χ1) is 17.1. The quantitative estimate of drug-likeness (QED) is 0.374. The Bertz CT molecular complexity index is 1100. The predicted molar refractivity (Wildman–Crippen MR) is 147 cm³/mol. The molecule has 0 aliphatic carbocycles. The van der Waals surface area contributed by atoms with E-state index in [1.54, 1.807) is 18.9 Å². The minimum atomic E-state index is -0.0228. The Hall–Kier alpha value is -2.67. The molecule has 1 aliphatic heterocycles. The highest BCUT2D eigenvalue weighted by Crippen LogP contribution is 2.28. The molecular weight excluding hydrogens is 478 g/mol. The van der Waals surface area contributed by atoms with Crippen LogP contribution in [0.3, 0.4) is 0 Å². The normalized spacial score (nSPS) is 14.1. The van der Waals surface area contributed by atoms with Crippen LogP contribution in [0.4, 0.5) is 5.69 Å². The molecule has 3 aromatic rings. The van der Waals surface area contributed by atoms with E-state index in [1.165, 1.54) is 11.1 Å². The second-order valence-electron chi connectivity index (χ2n) is 8.57. The smallest absolute Gasteiger partial charge is 0.251 e. The van der Waals surface area contributed by atoms with Crippen LogP contribution in [0.1, 0.15) is 21.5 Å². The molecule has 0 bridgehead atoms. The average molecular weight is 510 g/mol. The fourth-order valence-electron chi connectivity index (χ4n) is 4.21. The van der Waals surface area contributed by atoms with Crippen LogP contribution in [-0.2, 0) is 12.3 Å². The van der Waals surface area contributed by atoms with Crippen LogP contribution in [0.15, 0.2) is 72.8 Å². The van der Waals surface area contributed by atoms with Crippen LogP contribution in [0, 0.1) is 0 Å². The minimum Gasteiger partial charge on any atom is -0.495 e. The van der Waals surface area contributed by atoms with E-state index in [9.17, 15) is 4.79 Å². The van der Waals surface area contributed by atoms with Crippen LogP contribution < -0.4 is 15.0 Å². The maximum atomic E-state index is 12.5. The molecule has 0 atom stereocenters. The molecule has 1 saturated heterocycles. The highest BCUT2D eigenvalue weighted by Gasteiger charge is 2.19. The second-order valence-corrected chi connectivity index (χ2v) is 10.1. The Kier molecular flexibility index (Phi) is 9.35. The second kappa shape index (κ2) is 12.9. The Morgan fingerprint density at radius 3 is 2.49 bits per heavy atom. The van der Waals surface area contributed by atoms with Gasteiger partial charge in [-0.15, -0.1) is 0 Å². The fraction of sp³-hybridized carbons (Fsp3) is 0.321. The van der Waals surface area contributed by atoms with E-state index in [1.807, 2.05) is 42.5 Å². The van der Waals surface area contributed by atoms with E-state index >= 15 is 0 Å². The third-order valence-electron chi connectivity index (χ3n) is 6.11. The average Bonchev–Trinajstić information content (AvgIpc) is 2.89. The molecule has 0 radical (unpaired) electrons. The zero-order valence-electron chi connectivity index (χ0n) is 20.1. The van der Waals surface area contributed by atoms with E-state index in [0.29, 0.717) is 12.1 Å². The van der Waals surface area contributed by atoms with Gasteiger partial charge in [0.1, 0.15) is 5.75 Å². The third-order valence-corrected chi connectivity index (χ3v) is 7.38. The summed E-state index contributed by atoms with van der Waals surface area (Å²) < 4.78 is 5.52. The summed E-state index contributed by atoms with van der Waals surface area (Å²) in [5.41, 5.74) is 4.29. The topological polar surface area (TPSA) is 44.8 Å². The number of para-hydroxylation sites is 2. The molecule has 184 valence electrons. The minimum absolute atomic E-state index is 0.0228. The SMILES string of the molecule is COc1ccccc1N1CCN(Cc2ccc(C(=O)NCCSCc3cccc(Cl)c3)cc2)CC1. The number of nitrogens with one attached hydrogen (secondary N) is 1. The molecule has 7 heteroatoms. The number of nitrogens with zero attached hydrogens (tertiary/aromatic N) is 2. The summed E-state index contributed by atoms with van der Waals surface area (Å²) in [6, 6.07) is 24.1. The van der Waals surface area contributed by atoms with Crippen molar-refractivity contribution in [3.63, 3.8) is 0 Å². The van der Waals surface area contributed by atoms with E-state index in [4.69, 9.17) is 16.3 Å². The van der Waals surface area contributed by atoms with Gasteiger partial charge in [-0.1, -0.05) is 48.0 Å². The molecule has 0 saturated carbocycles. The number of piperazine rings is 1. The zero-order valence-corrected chi connectivity index (χ0v) is 21.7. The molecule has 0 aromatic heterocycles. The number of rotatable bonds is 10. The van der Waals surface area contributed by atoms with Gasteiger partial charge in [0.2, 0.25) is 0 Å².